The molecular weight excluding hydrogens is 436 g/mol. The first-order valence-corrected chi connectivity index (χ1v) is 11.8. The molecule has 1 aromatic rings. The molecule has 0 aliphatic heterocycles. The third kappa shape index (κ3) is 13.8. The number of nitrogens with one attached hydrogen (secondary N) is 1. The van der Waals surface area contributed by atoms with Crippen LogP contribution in [0.1, 0.15) is 85.3 Å². The van der Waals surface area contributed by atoms with Crippen LogP contribution < -0.4 is 11.1 Å². The Balaban J connectivity index is 2.56. The van der Waals surface area contributed by atoms with Gasteiger partial charge < -0.3 is 25.3 Å². The summed E-state index contributed by atoms with van der Waals surface area (Å²) in [6, 6.07) is 7.57. The lowest BCUT2D eigenvalue weighted by atomic mass is 10.1. The highest BCUT2D eigenvalue weighted by Crippen LogP contribution is 2.15. The van der Waals surface area contributed by atoms with Gasteiger partial charge in [-0.1, -0.05) is 24.3 Å². The standard InChI is InChI=1S/C26H42N2O6/c1-18(21(15-16-22(27)29)28-24(31)34-26(5,6)7)32-17-20-13-11-19(12-14-20)9-8-10-23(30)33-25(2,3)4/h11-14,18,21H,8-10,15-17H2,1-7H3,(H2,27,29)(H,28,31)/t18-,21+/m1/s1. The average Bonchev–Trinajstić information content (AvgIpc) is 2.67. The number of hydrogen-bond donors (Lipinski definition) is 2. The lowest BCUT2D eigenvalue weighted by Crippen LogP contribution is -2.45. The van der Waals surface area contributed by atoms with Crippen LogP contribution in [0.15, 0.2) is 24.3 Å². The van der Waals surface area contributed by atoms with E-state index in [2.05, 4.69) is 5.32 Å². The number of ether oxygens (including phenoxy) is 3. The lowest BCUT2D eigenvalue weighted by Gasteiger charge is -2.27. The van der Waals surface area contributed by atoms with E-state index < -0.39 is 29.2 Å². The van der Waals surface area contributed by atoms with Crippen molar-refractivity contribution in [2.24, 2.45) is 5.73 Å². The Morgan fingerprint density at radius 3 is 2.00 bits per heavy atom. The highest BCUT2D eigenvalue weighted by molar-refractivity contribution is 5.74. The zero-order chi connectivity index (χ0) is 25.9. The second kappa shape index (κ2) is 13.3. The Morgan fingerprint density at radius 2 is 1.47 bits per heavy atom. The summed E-state index contributed by atoms with van der Waals surface area (Å²) >= 11 is 0. The van der Waals surface area contributed by atoms with Crippen molar-refractivity contribution < 1.29 is 28.6 Å². The summed E-state index contributed by atoms with van der Waals surface area (Å²) in [5.41, 5.74) is 6.30. The molecule has 0 spiro atoms. The number of aryl methyl sites for hydroxylation is 1. The van der Waals surface area contributed by atoms with Crippen molar-refractivity contribution in [3.05, 3.63) is 35.4 Å². The summed E-state index contributed by atoms with van der Waals surface area (Å²) in [5, 5.41) is 2.79. The van der Waals surface area contributed by atoms with Crippen molar-refractivity contribution >= 4 is 18.0 Å². The maximum atomic E-state index is 12.2. The lowest BCUT2D eigenvalue weighted by molar-refractivity contribution is -0.154. The Kier molecular flexibility index (Phi) is 11.5. The number of hydrogen-bond acceptors (Lipinski definition) is 6. The molecule has 8 nitrogen and oxygen atoms in total. The van der Waals surface area contributed by atoms with Crippen molar-refractivity contribution in [2.45, 2.75) is 111 Å². The minimum absolute atomic E-state index is 0.131. The van der Waals surface area contributed by atoms with Gasteiger partial charge in [0.2, 0.25) is 5.91 Å². The number of rotatable bonds is 12. The third-order valence-electron chi connectivity index (χ3n) is 4.77. The first-order valence-electron chi connectivity index (χ1n) is 11.8. The summed E-state index contributed by atoms with van der Waals surface area (Å²) in [6.07, 6.45) is 1.45. The highest BCUT2D eigenvalue weighted by Gasteiger charge is 2.24. The predicted octanol–water partition coefficient (Wildman–Crippen LogP) is 4.41. The summed E-state index contributed by atoms with van der Waals surface area (Å²) in [7, 11) is 0. The maximum absolute atomic E-state index is 12.2. The van der Waals surface area contributed by atoms with E-state index >= 15 is 0 Å². The first kappa shape index (κ1) is 29.4. The van der Waals surface area contributed by atoms with Crippen LogP contribution in [-0.4, -0.2) is 41.3 Å². The van der Waals surface area contributed by atoms with Crippen LogP contribution in [-0.2, 0) is 36.8 Å². The third-order valence-corrected chi connectivity index (χ3v) is 4.77. The van der Waals surface area contributed by atoms with Gasteiger partial charge in [-0.15, -0.1) is 0 Å². The van der Waals surface area contributed by atoms with E-state index in [9.17, 15) is 14.4 Å². The molecule has 0 saturated carbocycles. The van der Waals surface area contributed by atoms with Gasteiger partial charge in [0.05, 0.1) is 18.8 Å². The van der Waals surface area contributed by atoms with Crippen molar-refractivity contribution in [3.63, 3.8) is 0 Å². The number of carbonyl (C=O) groups is 3. The van der Waals surface area contributed by atoms with Gasteiger partial charge in [0.1, 0.15) is 11.2 Å². The molecule has 0 heterocycles. The van der Waals surface area contributed by atoms with Crippen molar-refractivity contribution in [3.8, 4) is 0 Å². The fraction of sp³-hybridized carbons (Fsp3) is 0.654. The zero-order valence-electron chi connectivity index (χ0n) is 21.7. The second-order valence-electron chi connectivity index (χ2n) is 10.5. The topological polar surface area (TPSA) is 117 Å². The second-order valence-corrected chi connectivity index (χ2v) is 10.5. The summed E-state index contributed by atoms with van der Waals surface area (Å²) in [4.78, 5) is 35.3. The summed E-state index contributed by atoms with van der Waals surface area (Å²) in [6.45, 7) is 13.1. The Hall–Kier alpha value is -2.61. The SMILES string of the molecule is C[C@@H](OCc1ccc(CCCC(=O)OC(C)(C)C)cc1)[C@H](CCC(N)=O)NC(=O)OC(C)(C)C. The molecular formula is C26H42N2O6. The van der Waals surface area contributed by atoms with E-state index in [0.29, 0.717) is 19.4 Å². The van der Waals surface area contributed by atoms with Crippen LogP contribution in [0.5, 0.6) is 0 Å². The average molecular weight is 479 g/mol. The monoisotopic (exact) mass is 478 g/mol. The van der Waals surface area contributed by atoms with Gasteiger partial charge in [-0.05, 0) is 78.9 Å². The van der Waals surface area contributed by atoms with Crippen LogP contribution in [0.4, 0.5) is 4.79 Å². The van der Waals surface area contributed by atoms with Crippen LogP contribution in [0, 0.1) is 0 Å². The van der Waals surface area contributed by atoms with Gasteiger partial charge in [0.25, 0.3) is 0 Å². The van der Waals surface area contributed by atoms with Crippen molar-refractivity contribution in [1.29, 1.82) is 0 Å². The molecule has 1 aromatic carbocycles. The Labute approximate surface area is 203 Å². The van der Waals surface area contributed by atoms with Gasteiger partial charge in [-0.3, -0.25) is 9.59 Å². The number of nitrogens with two attached hydrogens (primary N) is 1. The van der Waals surface area contributed by atoms with E-state index in [1.807, 2.05) is 52.0 Å². The fourth-order valence-electron chi connectivity index (χ4n) is 3.16. The molecule has 0 radical (unpaired) electrons. The van der Waals surface area contributed by atoms with Gasteiger partial charge in [-0.25, -0.2) is 4.79 Å². The number of esters is 1. The van der Waals surface area contributed by atoms with Gasteiger partial charge in [-0.2, -0.15) is 0 Å². The van der Waals surface area contributed by atoms with Crippen LogP contribution in [0.25, 0.3) is 0 Å². The van der Waals surface area contributed by atoms with Gasteiger partial charge >= 0.3 is 12.1 Å². The van der Waals surface area contributed by atoms with E-state index in [1.165, 1.54) is 0 Å². The molecule has 0 aromatic heterocycles. The molecule has 2 amide bonds. The Morgan fingerprint density at radius 1 is 0.912 bits per heavy atom. The zero-order valence-corrected chi connectivity index (χ0v) is 21.7. The number of benzene rings is 1. The number of primary amides is 1. The van der Waals surface area contributed by atoms with Crippen molar-refractivity contribution in [2.75, 3.05) is 0 Å². The van der Waals surface area contributed by atoms with Crippen molar-refractivity contribution in [1.82, 2.24) is 5.32 Å². The molecule has 2 atom stereocenters. The summed E-state index contributed by atoms with van der Waals surface area (Å²) in [5.74, 6) is -0.622. The number of alkyl carbamates (subject to hydrolysis) is 1. The van der Waals surface area contributed by atoms with E-state index in [0.717, 1.165) is 24.0 Å². The van der Waals surface area contributed by atoms with E-state index in [1.54, 1.807) is 20.8 Å². The molecule has 0 aliphatic rings. The van der Waals surface area contributed by atoms with Gasteiger partial charge in [0, 0.05) is 12.8 Å². The molecule has 0 saturated heterocycles. The van der Waals surface area contributed by atoms with E-state index in [-0.39, 0.29) is 18.5 Å². The van der Waals surface area contributed by atoms with Gasteiger partial charge in [0.15, 0.2) is 0 Å². The molecule has 34 heavy (non-hydrogen) atoms. The van der Waals surface area contributed by atoms with E-state index in [4.69, 9.17) is 19.9 Å². The molecule has 0 fully saturated rings. The van der Waals surface area contributed by atoms with Crippen LogP contribution in [0.2, 0.25) is 0 Å². The number of carbonyl (C=O) groups excluding carboxylic acids is 3. The molecule has 0 aliphatic carbocycles. The molecule has 1 rings (SSSR count). The molecule has 0 bridgehead atoms. The number of amides is 2. The highest BCUT2D eigenvalue weighted by atomic mass is 16.6. The van der Waals surface area contributed by atoms with Crippen LogP contribution >= 0.6 is 0 Å². The Bertz CT molecular complexity index is 793. The smallest absolute Gasteiger partial charge is 0.407 e. The first-order chi connectivity index (χ1) is 15.6. The van der Waals surface area contributed by atoms with Crippen LogP contribution in [0.3, 0.4) is 0 Å². The predicted molar refractivity (Wildman–Crippen MR) is 131 cm³/mol. The summed E-state index contributed by atoms with van der Waals surface area (Å²) < 4.78 is 16.6. The minimum Gasteiger partial charge on any atom is -0.460 e. The molecule has 8 heteroatoms. The maximum Gasteiger partial charge on any atom is 0.407 e. The fourth-order valence-corrected chi connectivity index (χ4v) is 3.16. The largest absolute Gasteiger partial charge is 0.460 e. The molecule has 0 unspecified atom stereocenters. The minimum atomic E-state index is -0.628. The molecule has 3 N–H and O–H groups in total. The quantitative estimate of drug-likeness (QED) is 0.430. The normalized spacial score (nSPS) is 13.6. The molecule has 192 valence electrons.